The minimum atomic E-state index is 0.625. The molecule has 1 heterocycles. The molecule has 0 saturated carbocycles. The molecule has 0 saturated heterocycles. The van der Waals surface area contributed by atoms with E-state index in [0.717, 1.165) is 32.6 Å². The number of halogens is 1. The summed E-state index contributed by atoms with van der Waals surface area (Å²) in [6.45, 7) is 0.625. The Kier molecular flexibility index (Phi) is 3.65. The molecule has 0 aliphatic heterocycles. The third kappa shape index (κ3) is 2.65. The second-order valence-corrected chi connectivity index (χ2v) is 5.30. The zero-order valence-corrected chi connectivity index (χ0v) is 12.6. The number of hydrogen-bond acceptors (Lipinski definition) is 3. The van der Waals surface area contributed by atoms with Crippen molar-refractivity contribution < 1.29 is 9.15 Å². The Morgan fingerprint density at radius 1 is 1.15 bits per heavy atom. The Balaban J connectivity index is 1.79. The summed E-state index contributed by atoms with van der Waals surface area (Å²) in [7, 11) is 1.66. The van der Waals surface area contributed by atoms with Crippen LogP contribution in [-0.4, -0.2) is 7.11 Å². The second-order valence-electron chi connectivity index (χ2n) is 4.45. The maximum absolute atomic E-state index is 5.78. The van der Waals surface area contributed by atoms with Crippen molar-refractivity contribution in [3.8, 4) is 5.75 Å². The highest BCUT2D eigenvalue weighted by molar-refractivity contribution is 9.10. The van der Waals surface area contributed by atoms with Crippen LogP contribution in [0.5, 0.6) is 5.75 Å². The van der Waals surface area contributed by atoms with Gasteiger partial charge in [-0.05, 0) is 40.2 Å². The smallest absolute Gasteiger partial charge is 0.134 e. The molecule has 3 rings (SSSR count). The molecule has 4 heteroatoms. The van der Waals surface area contributed by atoms with E-state index < -0.39 is 0 Å². The van der Waals surface area contributed by atoms with Gasteiger partial charge in [-0.3, -0.25) is 0 Å². The monoisotopic (exact) mass is 331 g/mol. The molecule has 3 nitrogen and oxygen atoms in total. The largest absolute Gasteiger partial charge is 0.497 e. The standard InChI is InChI=1S/C16H14BrNO2/c1-19-12-6-7-14(17)15(9-12)18-10-13-8-11-4-2-3-5-16(11)20-13/h2-9,18H,10H2,1H3. The second kappa shape index (κ2) is 5.59. The van der Waals surface area contributed by atoms with Crippen molar-refractivity contribution in [3.63, 3.8) is 0 Å². The van der Waals surface area contributed by atoms with Gasteiger partial charge in [0.1, 0.15) is 17.1 Å². The Labute approximate surface area is 125 Å². The van der Waals surface area contributed by atoms with E-state index in [4.69, 9.17) is 9.15 Å². The van der Waals surface area contributed by atoms with Gasteiger partial charge in [-0.25, -0.2) is 0 Å². The topological polar surface area (TPSA) is 34.4 Å². The molecule has 0 fully saturated rings. The van der Waals surface area contributed by atoms with Crippen molar-refractivity contribution in [3.05, 3.63) is 58.8 Å². The lowest BCUT2D eigenvalue weighted by Gasteiger charge is -2.09. The molecular formula is C16H14BrNO2. The molecule has 20 heavy (non-hydrogen) atoms. The fourth-order valence-electron chi connectivity index (χ4n) is 2.07. The summed E-state index contributed by atoms with van der Waals surface area (Å²) in [5.74, 6) is 1.72. The van der Waals surface area contributed by atoms with E-state index in [1.165, 1.54) is 0 Å². The van der Waals surface area contributed by atoms with Gasteiger partial charge in [0.05, 0.1) is 19.3 Å². The Morgan fingerprint density at radius 2 is 2.00 bits per heavy atom. The van der Waals surface area contributed by atoms with Crippen molar-refractivity contribution in [2.75, 3.05) is 12.4 Å². The maximum atomic E-state index is 5.78. The van der Waals surface area contributed by atoms with Crippen LogP contribution in [0.1, 0.15) is 5.76 Å². The fourth-order valence-corrected chi connectivity index (χ4v) is 2.46. The first-order chi connectivity index (χ1) is 9.76. The van der Waals surface area contributed by atoms with Crippen LogP contribution in [0.25, 0.3) is 11.0 Å². The normalized spacial score (nSPS) is 10.7. The van der Waals surface area contributed by atoms with Gasteiger partial charge in [0, 0.05) is 15.9 Å². The molecular weight excluding hydrogens is 318 g/mol. The number of nitrogens with one attached hydrogen (secondary N) is 1. The molecule has 0 unspecified atom stereocenters. The van der Waals surface area contributed by atoms with Crippen LogP contribution in [-0.2, 0) is 6.54 Å². The van der Waals surface area contributed by atoms with Crippen LogP contribution < -0.4 is 10.1 Å². The zero-order chi connectivity index (χ0) is 13.9. The van der Waals surface area contributed by atoms with Crippen LogP contribution in [0.2, 0.25) is 0 Å². The highest BCUT2D eigenvalue weighted by atomic mass is 79.9. The molecule has 102 valence electrons. The predicted octanol–water partition coefficient (Wildman–Crippen LogP) is 4.82. The van der Waals surface area contributed by atoms with Gasteiger partial charge in [0.25, 0.3) is 0 Å². The number of furan rings is 1. The van der Waals surface area contributed by atoms with E-state index in [9.17, 15) is 0 Å². The van der Waals surface area contributed by atoms with Crippen LogP contribution in [0.4, 0.5) is 5.69 Å². The number of hydrogen-bond donors (Lipinski definition) is 1. The zero-order valence-electron chi connectivity index (χ0n) is 11.0. The minimum absolute atomic E-state index is 0.625. The van der Waals surface area contributed by atoms with Gasteiger partial charge in [0.2, 0.25) is 0 Å². The molecule has 2 aromatic carbocycles. The number of ether oxygens (including phenoxy) is 1. The van der Waals surface area contributed by atoms with E-state index in [2.05, 4.69) is 27.3 Å². The van der Waals surface area contributed by atoms with Gasteiger partial charge in [-0.2, -0.15) is 0 Å². The van der Waals surface area contributed by atoms with Gasteiger partial charge in [-0.1, -0.05) is 18.2 Å². The number of rotatable bonds is 4. The molecule has 0 aliphatic rings. The SMILES string of the molecule is COc1ccc(Br)c(NCc2cc3ccccc3o2)c1. The molecule has 1 N–H and O–H groups in total. The number of benzene rings is 2. The summed E-state index contributed by atoms with van der Waals surface area (Å²) >= 11 is 3.52. The number of anilines is 1. The average Bonchev–Trinajstić information content (AvgIpc) is 2.89. The Bertz CT molecular complexity index is 703. The number of methoxy groups -OCH3 is 1. The van der Waals surface area contributed by atoms with Gasteiger partial charge in [-0.15, -0.1) is 0 Å². The quantitative estimate of drug-likeness (QED) is 0.744. The highest BCUT2D eigenvalue weighted by Gasteiger charge is 2.05. The van der Waals surface area contributed by atoms with Crippen molar-refractivity contribution in [2.45, 2.75) is 6.54 Å². The minimum Gasteiger partial charge on any atom is -0.497 e. The Hall–Kier alpha value is -1.94. The van der Waals surface area contributed by atoms with E-state index in [-0.39, 0.29) is 0 Å². The number of fused-ring (bicyclic) bond motifs is 1. The van der Waals surface area contributed by atoms with Gasteiger partial charge in [0.15, 0.2) is 0 Å². The van der Waals surface area contributed by atoms with Crippen molar-refractivity contribution in [2.24, 2.45) is 0 Å². The summed E-state index contributed by atoms with van der Waals surface area (Å²) in [5.41, 5.74) is 1.89. The van der Waals surface area contributed by atoms with Crippen LogP contribution >= 0.6 is 15.9 Å². The molecule has 0 atom stereocenters. The van der Waals surface area contributed by atoms with E-state index >= 15 is 0 Å². The molecule has 0 spiro atoms. The summed E-state index contributed by atoms with van der Waals surface area (Å²) in [5, 5.41) is 4.46. The first-order valence-corrected chi connectivity index (χ1v) is 7.10. The molecule has 0 bridgehead atoms. The lowest BCUT2D eigenvalue weighted by Crippen LogP contribution is -1.99. The first-order valence-electron chi connectivity index (χ1n) is 6.31. The lowest BCUT2D eigenvalue weighted by atomic mass is 10.2. The summed E-state index contributed by atoms with van der Waals surface area (Å²) in [6.07, 6.45) is 0. The summed E-state index contributed by atoms with van der Waals surface area (Å²) in [4.78, 5) is 0. The van der Waals surface area contributed by atoms with Crippen molar-refractivity contribution in [1.29, 1.82) is 0 Å². The highest BCUT2D eigenvalue weighted by Crippen LogP contribution is 2.28. The third-order valence-electron chi connectivity index (χ3n) is 3.10. The molecule has 0 aliphatic carbocycles. The molecule has 0 radical (unpaired) electrons. The third-order valence-corrected chi connectivity index (χ3v) is 3.79. The summed E-state index contributed by atoms with van der Waals surface area (Å²) in [6, 6.07) is 15.9. The van der Waals surface area contributed by atoms with E-state index in [0.29, 0.717) is 6.54 Å². The van der Waals surface area contributed by atoms with Gasteiger partial charge >= 0.3 is 0 Å². The van der Waals surface area contributed by atoms with Crippen molar-refractivity contribution >= 4 is 32.6 Å². The lowest BCUT2D eigenvalue weighted by molar-refractivity contribution is 0.415. The van der Waals surface area contributed by atoms with Crippen LogP contribution in [0, 0.1) is 0 Å². The maximum Gasteiger partial charge on any atom is 0.134 e. The van der Waals surface area contributed by atoms with Crippen LogP contribution in [0.3, 0.4) is 0 Å². The molecule has 0 amide bonds. The van der Waals surface area contributed by atoms with Gasteiger partial charge < -0.3 is 14.5 Å². The van der Waals surface area contributed by atoms with E-state index in [1.54, 1.807) is 7.11 Å². The summed E-state index contributed by atoms with van der Waals surface area (Å²) < 4.78 is 12.0. The molecule has 3 aromatic rings. The first kappa shape index (κ1) is 13.1. The van der Waals surface area contributed by atoms with E-state index in [1.807, 2.05) is 42.5 Å². The fraction of sp³-hybridized carbons (Fsp3) is 0.125. The van der Waals surface area contributed by atoms with Crippen molar-refractivity contribution in [1.82, 2.24) is 0 Å². The number of para-hydroxylation sites is 1. The van der Waals surface area contributed by atoms with Crippen LogP contribution in [0.15, 0.2) is 57.4 Å². The predicted molar refractivity (Wildman–Crippen MR) is 84.2 cm³/mol. The Morgan fingerprint density at radius 3 is 2.80 bits per heavy atom. The average molecular weight is 332 g/mol. The molecule has 1 aromatic heterocycles.